The molecule has 1 rings (SSSR count). The van der Waals surface area contributed by atoms with Crippen LogP contribution in [0.1, 0.15) is 26.7 Å². The minimum Gasteiger partial charge on any atom is -0.394 e. The van der Waals surface area contributed by atoms with Gasteiger partial charge in [0.15, 0.2) is 0 Å². The second kappa shape index (κ2) is 3.69. The van der Waals surface area contributed by atoms with Crippen LogP contribution in [-0.4, -0.2) is 53.5 Å². The van der Waals surface area contributed by atoms with Gasteiger partial charge >= 0.3 is 0 Å². The number of aliphatic hydroxyl groups excluding tert-OH is 2. The molecule has 6 heteroatoms. The van der Waals surface area contributed by atoms with Crippen LogP contribution in [0.15, 0.2) is 0 Å². The number of aliphatic hydroxyl groups is 2. The number of likely N-dealkylation sites (N-methyl/N-ethyl adjacent to an activating group) is 1. The van der Waals surface area contributed by atoms with Crippen LogP contribution in [0.4, 0.5) is 0 Å². The summed E-state index contributed by atoms with van der Waals surface area (Å²) in [5.74, 6) is 0. The third-order valence-corrected chi connectivity index (χ3v) is 6.19. The quantitative estimate of drug-likeness (QED) is 0.678. The van der Waals surface area contributed by atoms with Crippen LogP contribution in [0.25, 0.3) is 0 Å². The number of sulfonamides is 1. The summed E-state index contributed by atoms with van der Waals surface area (Å²) in [6, 6.07) is 0. The Hall–Kier alpha value is -0.170. The average Bonchev–Trinajstić information content (AvgIpc) is 2.95. The fourth-order valence-corrected chi connectivity index (χ4v) is 3.28. The molecule has 1 fully saturated rings. The highest BCUT2D eigenvalue weighted by atomic mass is 32.2. The van der Waals surface area contributed by atoms with E-state index in [0.717, 1.165) is 4.31 Å². The maximum absolute atomic E-state index is 12.1. The molecule has 0 saturated heterocycles. The maximum Gasteiger partial charge on any atom is 0.219 e. The van der Waals surface area contributed by atoms with E-state index in [1.807, 2.05) is 0 Å². The SMILES string of the molecule is CN(C(C)(CO)CO)S(=O)(=O)C1(C)CC1. The van der Waals surface area contributed by atoms with E-state index in [-0.39, 0.29) is 0 Å². The van der Waals surface area contributed by atoms with Crippen molar-refractivity contribution in [1.82, 2.24) is 4.31 Å². The fraction of sp³-hybridized carbons (Fsp3) is 1.00. The first-order chi connectivity index (χ1) is 6.73. The minimum atomic E-state index is -3.43. The van der Waals surface area contributed by atoms with Crippen LogP contribution in [-0.2, 0) is 10.0 Å². The molecule has 0 bridgehead atoms. The van der Waals surface area contributed by atoms with E-state index in [2.05, 4.69) is 0 Å². The monoisotopic (exact) mass is 237 g/mol. The lowest BCUT2D eigenvalue weighted by atomic mass is 10.1. The van der Waals surface area contributed by atoms with Crippen molar-refractivity contribution < 1.29 is 18.6 Å². The molecule has 5 nitrogen and oxygen atoms in total. The van der Waals surface area contributed by atoms with Gasteiger partial charge in [-0.15, -0.1) is 0 Å². The Morgan fingerprint density at radius 2 is 1.73 bits per heavy atom. The zero-order valence-corrected chi connectivity index (χ0v) is 10.2. The summed E-state index contributed by atoms with van der Waals surface area (Å²) in [5, 5.41) is 18.3. The van der Waals surface area contributed by atoms with Crippen molar-refractivity contribution in [3.05, 3.63) is 0 Å². The Morgan fingerprint density at radius 3 is 2.00 bits per heavy atom. The van der Waals surface area contributed by atoms with E-state index in [1.165, 1.54) is 14.0 Å². The summed E-state index contributed by atoms with van der Waals surface area (Å²) in [6.45, 7) is 2.43. The lowest BCUT2D eigenvalue weighted by Gasteiger charge is -2.36. The Kier molecular flexibility index (Phi) is 3.17. The molecule has 15 heavy (non-hydrogen) atoms. The minimum absolute atomic E-state index is 0.394. The van der Waals surface area contributed by atoms with Crippen molar-refractivity contribution in [2.75, 3.05) is 20.3 Å². The van der Waals surface area contributed by atoms with Crippen LogP contribution in [0.3, 0.4) is 0 Å². The van der Waals surface area contributed by atoms with E-state index in [4.69, 9.17) is 10.2 Å². The largest absolute Gasteiger partial charge is 0.394 e. The first kappa shape index (κ1) is 12.9. The van der Waals surface area contributed by atoms with Gasteiger partial charge < -0.3 is 10.2 Å². The molecule has 0 aromatic heterocycles. The number of rotatable bonds is 5. The fourth-order valence-electron chi connectivity index (χ4n) is 1.30. The van der Waals surface area contributed by atoms with Gasteiger partial charge in [-0.25, -0.2) is 8.42 Å². The van der Waals surface area contributed by atoms with Gasteiger partial charge in [-0.3, -0.25) is 0 Å². The number of hydrogen-bond donors (Lipinski definition) is 2. The highest BCUT2D eigenvalue weighted by Gasteiger charge is 2.54. The second-order valence-corrected chi connectivity index (χ2v) is 7.22. The molecular weight excluding hydrogens is 218 g/mol. The van der Waals surface area contributed by atoms with Gasteiger partial charge in [0.05, 0.1) is 23.5 Å². The van der Waals surface area contributed by atoms with Crippen LogP contribution >= 0.6 is 0 Å². The highest BCUT2D eigenvalue weighted by molar-refractivity contribution is 7.90. The first-order valence-electron chi connectivity index (χ1n) is 4.94. The molecule has 0 unspecified atom stereocenters. The molecule has 0 aliphatic heterocycles. The Labute approximate surface area is 90.8 Å². The van der Waals surface area contributed by atoms with Crippen molar-refractivity contribution in [2.24, 2.45) is 0 Å². The lowest BCUT2D eigenvalue weighted by molar-refractivity contribution is 0.0601. The smallest absolute Gasteiger partial charge is 0.219 e. The second-order valence-electron chi connectivity index (χ2n) is 4.74. The zero-order valence-electron chi connectivity index (χ0n) is 9.39. The normalized spacial score (nSPS) is 20.7. The molecule has 0 radical (unpaired) electrons. The first-order valence-corrected chi connectivity index (χ1v) is 6.38. The molecule has 2 N–H and O–H groups in total. The number of hydrogen-bond acceptors (Lipinski definition) is 4. The van der Waals surface area contributed by atoms with E-state index in [9.17, 15) is 8.42 Å². The van der Waals surface area contributed by atoms with Gasteiger partial charge in [-0.2, -0.15) is 4.31 Å². The standard InChI is InChI=1S/C9H19NO4S/c1-8(6-11,7-12)10(3)15(13,14)9(2)4-5-9/h11-12H,4-7H2,1-3H3. The van der Waals surface area contributed by atoms with Crippen molar-refractivity contribution in [2.45, 2.75) is 37.0 Å². The summed E-state index contributed by atoms with van der Waals surface area (Å²) >= 11 is 0. The Morgan fingerprint density at radius 1 is 1.33 bits per heavy atom. The third-order valence-electron chi connectivity index (χ3n) is 3.38. The van der Waals surface area contributed by atoms with Gasteiger partial charge in [0.25, 0.3) is 0 Å². The van der Waals surface area contributed by atoms with Crippen molar-refractivity contribution in [1.29, 1.82) is 0 Å². The van der Waals surface area contributed by atoms with E-state index < -0.39 is 33.5 Å². The Balaban J connectivity index is 2.98. The van der Waals surface area contributed by atoms with E-state index >= 15 is 0 Å². The van der Waals surface area contributed by atoms with Gasteiger partial charge in [0.1, 0.15) is 0 Å². The maximum atomic E-state index is 12.1. The molecular formula is C9H19NO4S. The molecule has 0 aromatic carbocycles. The van der Waals surface area contributed by atoms with Gasteiger partial charge in [0.2, 0.25) is 10.0 Å². The molecule has 0 amide bonds. The molecule has 0 spiro atoms. The highest BCUT2D eigenvalue weighted by Crippen LogP contribution is 2.45. The summed E-state index contributed by atoms with van der Waals surface area (Å²) in [4.78, 5) is 0. The van der Waals surface area contributed by atoms with Crippen molar-refractivity contribution >= 4 is 10.0 Å². The van der Waals surface area contributed by atoms with Crippen LogP contribution < -0.4 is 0 Å². The molecule has 1 aliphatic carbocycles. The van der Waals surface area contributed by atoms with Gasteiger partial charge in [0, 0.05) is 7.05 Å². The molecule has 1 saturated carbocycles. The molecule has 1 aliphatic rings. The lowest BCUT2D eigenvalue weighted by Crippen LogP contribution is -2.55. The third kappa shape index (κ3) is 1.91. The summed E-state index contributed by atoms with van der Waals surface area (Å²) in [7, 11) is -2.03. The van der Waals surface area contributed by atoms with E-state index in [0.29, 0.717) is 12.8 Å². The summed E-state index contributed by atoms with van der Waals surface area (Å²) in [6.07, 6.45) is 1.29. The molecule has 0 aromatic rings. The van der Waals surface area contributed by atoms with Gasteiger partial charge in [-0.05, 0) is 26.7 Å². The topological polar surface area (TPSA) is 77.8 Å². The van der Waals surface area contributed by atoms with Crippen molar-refractivity contribution in [3.63, 3.8) is 0 Å². The predicted molar refractivity (Wildman–Crippen MR) is 56.9 cm³/mol. The van der Waals surface area contributed by atoms with Crippen LogP contribution in [0.2, 0.25) is 0 Å². The zero-order chi connectivity index (χ0) is 11.9. The van der Waals surface area contributed by atoms with Crippen molar-refractivity contribution in [3.8, 4) is 0 Å². The average molecular weight is 237 g/mol. The molecule has 90 valence electrons. The van der Waals surface area contributed by atoms with Gasteiger partial charge in [-0.1, -0.05) is 0 Å². The molecule has 0 heterocycles. The van der Waals surface area contributed by atoms with E-state index in [1.54, 1.807) is 6.92 Å². The number of nitrogens with zero attached hydrogens (tertiary/aromatic N) is 1. The van der Waals surface area contributed by atoms with Crippen LogP contribution in [0.5, 0.6) is 0 Å². The van der Waals surface area contributed by atoms with Crippen LogP contribution in [0, 0.1) is 0 Å². The molecule has 0 atom stereocenters. The summed E-state index contributed by atoms with van der Waals surface area (Å²) in [5.41, 5.74) is -1.12. The predicted octanol–water partition coefficient (Wildman–Crippen LogP) is -0.456. The Bertz CT molecular complexity index is 330. The summed E-state index contributed by atoms with van der Waals surface area (Å²) < 4.78 is 24.6.